The summed E-state index contributed by atoms with van der Waals surface area (Å²) in [6.07, 6.45) is 2.26. The molecule has 5 heteroatoms. The van der Waals surface area contributed by atoms with Crippen molar-refractivity contribution in [1.82, 2.24) is 5.32 Å². The Hall–Kier alpha value is -0.730. The molecule has 0 heterocycles. The van der Waals surface area contributed by atoms with E-state index in [1.54, 1.807) is 11.8 Å². The van der Waals surface area contributed by atoms with Crippen molar-refractivity contribution in [3.05, 3.63) is 0 Å². The summed E-state index contributed by atoms with van der Waals surface area (Å²) in [5, 5.41) is 20.1. The molecule has 1 amide bonds. The van der Waals surface area contributed by atoms with Gasteiger partial charge in [-0.05, 0) is 18.6 Å². The number of thioether (sulfide) groups is 1. The van der Waals surface area contributed by atoms with Crippen LogP contribution in [0.25, 0.3) is 0 Å². The number of rotatable bonds is 9. The molecule has 0 aliphatic carbocycles. The lowest BCUT2D eigenvalue weighted by Crippen LogP contribution is -2.31. The smallest absolute Gasteiger partial charge is 0.237 e. The lowest BCUT2D eigenvalue weighted by Gasteiger charge is -2.08. The fourth-order valence-corrected chi connectivity index (χ4v) is 1.96. The first-order valence-corrected chi connectivity index (χ1v) is 6.77. The lowest BCUT2D eigenvalue weighted by molar-refractivity contribution is -0.123. The van der Waals surface area contributed by atoms with Crippen molar-refractivity contribution in [3.63, 3.8) is 0 Å². The third-order valence-electron chi connectivity index (χ3n) is 2.04. The van der Waals surface area contributed by atoms with Crippen LogP contribution in [0.4, 0.5) is 0 Å². The maximum Gasteiger partial charge on any atom is 0.237 e. The molecule has 0 radical (unpaired) electrons. The third-order valence-corrected chi connectivity index (χ3v) is 3.11. The average Bonchev–Trinajstić information content (AvgIpc) is 2.30. The van der Waals surface area contributed by atoms with Crippen molar-refractivity contribution in [3.8, 4) is 6.07 Å². The minimum atomic E-state index is -0.507. The van der Waals surface area contributed by atoms with Crippen molar-refractivity contribution in [2.45, 2.75) is 26.2 Å². The Morgan fingerprint density at radius 3 is 2.88 bits per heavy atom. The first-order chi connectivity index (χ1) is 7.76. The molecule has 0 saturated heterocycles. The fourth-order valence-electron chi connectivity index (χ4n) is 1.18. The van der Waals surface area contributed by atoms with Crippen molar-refractivity contribution < 1.29 is 9.90 Å². The van der Waals surface area contributed by atoms with E-state index >= 15 is 0 Å². The Bertz CT molecular complexity index is 229. The van der Waals surface area contributed by atoms with Crippen LogP contribution in [0.1, 0.15) is 26.2 Å². The molecule has 0 bridgehead atoms. The SMILES string of the molecule is CCCC(C#N)C(=O)NCCSCCCO. The van der Waals surface area contributed by atoms with Gasteiger partial charge < -0.3 is 10.4 Å². The zero-order valence-electron chi connectivity index (χ0n) is 9.74. The highest BCUT2D eigenvalue weighted by atomic mass is 32.2. The Morgan fingerprint density at radius 1 is 1.56 bits per heavy atom. The second-order valence-electron chi connectivity index (χ2n) is 3.45. The van der Waals surface area contributed by atoms with E-state index in [-0.39, 0.29) is 12.5 Å². The van der Waals surface area contributed by atoms with E-state index in [9.17, 15) is 4.79 Å². The van der Waals surface area contributed by atoms with Gasteiger partial charge in [0.05, 0.1) is 6.07 Å². The molecule has 0 aliphatic heterocycles. The molecule has 1 atom stereocenters. The zero-order chi connectivity index (χ0) is 12.2. The van der Waals surface area contributed by atoms with Crippen LogP contribution in [-0.2, 0) is 4.79 Å². The van der Waals surface area contributed by atoms with Gasteiger partial charge in [0.15, 0.2) is 0 Å². The average molecular weight is 244 g/mol. The number of aliphatic hydroxyl groups excluding tert-OH is 1. The largest absolute Gasteiger partial charge is 0.396 e. The van der Waals surface area contributed by atoms with Crippen molar-refractivity contribution in [1.29, 1.82) is 5.26 Å². The molecule has 0 aromatic carbocycles. The number of nitriles is 1. The van der Waals surface area contributed by atoms with Crippen molar-refractivity contribution in [2.24, 2.45) is 5.92 Å². The fraction of sp³-hybridized carbons (Fsp3) is 0.818. The Morgan fingerprint density at radius 2 is 2.31 bits per heavy atom. The minimum Gasteiger partial charge on any atom is -0.396 e. The molecule has 0 spiro atoms. The monoisotopic (exact) mass is 244 g/mol. The Kier molecular flexibility index (Phi) is 10.3. The number of carbonyl (C=O) groups excluding carboxylic acids is 1. The number of hydrogen-bond donors (Lipinski definition) is 2. The molecule has 92 valence electrons. The van der Waals surface area contributed by atoms with Crippen LogP contribution in [0.5, 0.6) is 0 Å². The van der Waals surface area contributed by atoms with E-state index in [1.165, 1.54) is 0 Å². The van der Waals surface area contributed by atoms with Crippen LogP contribution in [-0.4, -0.2) is 35.7 Å². The third kappa shape index (κ3) is 7.55. The van der Waals surface area contributed by atoms with Crippen LogP contribution in [0.15, 0.2) is 0 Å². The molecule has 16 heavy (non-hydrogen) atoms. The van der Waals surface area contributed by atoms with Crippen LogP contribution in [0, 0.1) is 17.2 Å². The number of aliphatic hydroxyl groups is 1. The molecule has 2 N–H and O–H groups in total. The summed E-state index contributed by atoms with van der Waals surface area (Å²) < 4.78 is 0. The molecular formula is C11H20N2O2S. The van der Waals surface area contributed by atoms with Crippen molar-refractivity contribution >= 4 is 17.7 Å². The first kappa shape index (κ1) is 15.3. The van der Waals surface area contributed by atoms with Gasteiger partial charge in [-0.3, -0.25) is 4.79 Å². The summed E-state index contributed by atoms with van der Waals surface area (Å²) in [5.74, 6) is 1.07. The summed E-state index contributed by atoms with van der Waals surface area (Å²) in [4.78, 5) is 11.5. The highest BCUT2D eigenvalue weighted by molar-refractivity contribution is 7.99. The Balaban J connectivity index is 3.53. The molecule has 0 saturated carbocycles. The van der Waals surface area contributed by atoms with Gasteiger partial charge in [0.2, 0.25) is 5.91 Å². The minimum absolute atomic E-state index is 0.160. The molecule has 1 unspecified atom stereocenters. The lowest BCUT2D eigenvalue weighted by atomic mass is 10.1. The quantitative estimate of drug-likeness (QED) is 0.597. The normalized spacial score (nSPS) is 11.8. The topological polar surface area (TPSA) is 73.1 Å². The van der Waals surface area contributed by atoms with E-state index < -0.39 is 5.92 Å². The van der Waals surface area contributed by atoms with E-state index in [2.05, 4.69) is 5.32 Å². The van der Waals surface area contributed by atoms with Gasteiger partial charge in [-0.25, -0.2) is 0 Å². The summed E-state index contributed by atoms with van der Waals surface area (Å²) in [5.41, 5.74) is 0. The summed E-state index contributed by atoms with van der Waals surface area (Å²) in [7, 11) is 0. The Labute approximate surface area is 101 Å². The molecule has 0 rings (SSSR count). The number of hydrogen-bond acceptors (Lipinski definition) is 4. The van der Waals surface area contributed by atoms with Gasteiger partial charge in [-0.15, -0.1) is 0 Å². The van der Waals surface area contributed by atoms with E-state index in [0.29, 0.717) is 13.0 Å². The molecule has 0 aromatic rings. The van der Waals surface area contributed by atoms with Crippen LogP contribution >= 0.6 is 11.8 Å². The summed E-state index contributed by atoms with van der Waals surface area (Å²) >= 11 is 1.69. The standard InChI is InChI=1S/C11H20N2O2S/c1-2-4-10(9-12)11(15)13-5-8-16-7-3-6-14/h10,14H,2-8H2,1H3,(H,13,15). The maximum atomic E-state index is 11.5. The van der Waals surface area contributed by atoms with Gasteiger partial charge >= 0.3 is 0 Å². The maximum absolute atomic E-state index is 11.5. The van der Waals surface area contributed by atoms with Gasteiger partial charge in [0, 0.05) is 18.9 Å². The molecule has 0 fully saturated rings. The van der Waals surface area contributed by atoms with Crippen LogP contribution < -0.4 is 5.32 Å². The van der Waals surface area contributed by atoms with Gasteiger partial charge in [0.25, 0.3) is 0 Å². The van der Waals surface area contributed by atoms with Crippen LogP contribution in [0.3, 0.4) is 0 Å². The molecule has 0 aromatic heterocycles. The second-order valence-corrected chi connectivity index (χ2v) is 4.68. The highest BCUT2D eigenvalue weighted by Gasteiger charge is 2.15. The van der Waals surface area contributed by atoms with E-state index in [0.717, 1.165) is 24.3 Å². The summed E-state index contributed by atoms with van der Waals surface area (Å²) in [6, 6.07) is 2.01. The first-order valence-electron chi connectivity index (χ1n) is 5.62. The number of amides is 1. The molecular weight excluding hydrogens is 224 g/mol. The van der Waals surface area contributed by atoms with E-state index in [1.807, 2.05) is 13.0 Å². The van der Waals surface area contributed by atoms with Gasteiger partial charge in [0.1, 0.15) is 5.92 Å². The number of carbonyl (C=O) groups is 1. The summed E-state index contributed by atoms with van der Waals surface area (Å²) in [6.45, 7) is 2.77. The predicted molar refractivity (Wildman–Crippen MR) is 66.0 cm³/mol. The van der Waals surface area contributed by atoms with Gasteiger partial charge in [-0.1, -0.05) is 13.3 Å². The van der Waals surface area contributed by atoms with Gasteiger partial charge in [-0.2, -0.15) is 17.0 Å². The van der Waals surface area contributed by atoms with Crippen LogP contribution in [0.2, 0.25) is 0 Å². The van der Waals surface area contributed by atoms with Crippen molar-refractivity contribution in [2.75, 3.05) is 24.7 Å². The molecule has 4 nitrogen and oxygen atoms in total. The predicted octanol–water partition coefficient (Wildman–Crippen LogP) is 1.16. The highest BCUT2D eigenvalue weighted by Crippen LogP contribution is 2.05. The zero-order valence-corrected chi connectivity index (χ0v) is 10.6. The number of nitrogens with one attached hydrogen (secondary N) is 1. The molecule has 0 aliphatic rings. The number of nitrogens with zero attached hydrogens (tertiary/aromatic N) is 1. The van der Waals surface area contributed by atoms with E-state index in [4.69, 9.17) is 10.4 Å². The second kappa shape index (κ2) is 10.8.